The van der Waals surface area contributed by atoms with Gasteiger partial charge in [-0.1, -0.05) is 0 Å². The Labute approximate surface area is 95.9 Å². The molecular formula is C11H19N3O2. The van der Waals surface area contributed by atoms with Gasteiger partial charge >= 0.3 is 0 Å². The summed E-state index contributed by atoms with van der Waals surface area (Å²) in [7, 11) is 0. The number of anilines is 1. The number of nitrogens with zero attached hydrogens (tertiary/aromatic N) is 2. The molecule has 1 rings (SSSR count). The Balaban J connectivity index is 2.41. The molecule has 1 heterocycles. The van der Waals surface area contributed by atoms with E-state index in [0.29, 0.717) is 5.88 Å². The van der Waals surface area contributed by atoms with Gasteiger partial charge in [0, 0.05) is 19.2 Å². The standard InChI is InChI=1S/C11H19N3O2/c1-9(2)16-11-7-10(13-8-14-11)12-5-3-4-6-15/h7-9,15H,3-6H2,1-2H3,(H,12,13,14). The molecule has 1 aromatic rings. The molecule has 2 N–H and O–H groups in total. The minimum Gasteiger partial charge on any atom is -0.475 e. The summed E-state index contributed by atoms with van der Waals surface area (Å²) >= 11 is 0. The van der Waals surface area contributed by atoms with Crippen LogP contribution in [0.5, 0.6) is 5.88 Å². The number of rotatable bonds is 7. The van der Waals surface area contributed by atoms with E-state index >= 15 is 0 Å². The van der Waals surface area contributed by atoms with Crippen molar-refractivity contribution in [3.8, 4) is 5.88 Å². The molecule has 0 amide bonds. The molecule has 0 aliphatic heterocycles. The van der Waals surface area contributed by atoms with Crippen molar-refractivity contribution in [1.82, 2.24) is 9.97 Å². The second-order valence-electron chi connectivity index (χ2n) is 3.77. The zero-order valence-corrected chi connectivity index (χ0v) is 9.81. The van der Waals surface area contributed by atoms with E-state index in [1.54, 1.807) is 6.07 Å². The highest BCUT2D eigenvalue weighted by Gasteiger charge is 2.01. The third kappa shape index (κ3) is 4.93. The third-order valence-corrected chi connectivity index (χ3v) is 1.89. The van der Waals surface area contributed by atoms with Crippen molar-refractivity contribution in [3.05, 3.63) is 12.4 Å². The predicted octanol–water partition coefficient (Wildman–Crippen LogP) is 1.45. The first-order chi connectivity index (χ1) is 7.72. The number of hydrogen-bond acceptors (Lipinski definition) is 5. The Kier molecular flexibility index (Phi) is 5.56. The number of ether oxygens (including phenoxy) is 1. The second kappa shape index (κ2) is 7.00. The maximum Gasteiger partial charge on any atom is 0.218 e. The lowest BCUT2D eigenvalue weighted by Crippen LogP contribution is -2.09. The van der Waals surface area contributed by atoms with Gasteiger partial charge in [0.25, 0.3) is 0 Å². The Bertz CT molecular complexity index is 305. The summed E-state index contributed by atoms with van der Waals surface area (Å²) < 4.78 is 5.45. The fourth-order valence-electron chi connectivity index (χ4n) is 1.20. The molecule has 0 saturated carbocycles. The van der Waals surface area contributed by atoms with Crippen molar-refractivity contribution in [2.75, 3.05) is 18.5 Å². The summed E-state index contributed by atoms with van der Waals surface area (Å²) in [5, 5.41) is 11.8. The first kappa shape index (κ1) is 12.7. The molecule has 0 radical (unpaired) electrons. The maximum atomic E-state index is 8.63. The van der Waals surface area contributed by atoms with Crippen LogP contribution in [0.25, 0.3) is 0 Å². The molecule has 0 aliphatic carbocycles. The van der Waals surface area contributed by atoms with E-state index in [1.165, 1.54) is 6.33 Å². The van der Waals surface area contributed by atoms with Gasteiger partial charge in [-0.05, 0) is 26.7 Å². The largest absolute Gasteiger partial charge is 0.475 e. The summed E-state index contributed by atoms with van der Waals surface area (Å²) in [6.45, 7) is 4.93. The summed E-state index contributed by atoms with van der Waals surface area (Å²) in [5.41, 5.74) is 0. The van der Waals surface area contributed by atoms with Crippen molar-refractivity contribution in [3.63, 3.8) is 0 Å². The average molecular weight is 225 g/mol. The molecule has 16 heavy (non-hydrogen) atoms. The van der Waals surface area contributed by atoms with Gasteiger partial charge in [-0.2, -0.15) is 0 Å². The van der Waals surface area contributed by atoms with Gasteiger partial charge in [0.05, 0.1) is 6.10 Å². The first-order valence-corrected chi connectivity index (χ1v) is 5.56. The van der Waals surface area contributed by atoms with E-state index in [1.807, 2.05) is 13.8 Å². The van der Waals surface area contributed by atoms with Gasteiger partial charge in [-0.3, -0.25) is 0 Å². The quantitative estimate of drug-likeness (QED) is 0.687. The molecule has 0 aromatic carbocycles. The molecule has 0 unspecified atom stereocenters. The third-order valence-electron chi connectivity index (χ3n) is 1.89. The van der Waals surface area contributed by atoms with Crippen molar-refractivity contribution >= 4 is 5.82 Å². The SMILES string of the molecule is CC(C)Oc1cc(NCCCCO)ncn1. The fourth-order valence-corrected chi connectivity index (χ4v) is 1.20. The number of aromatic nitrogens is 2. The lowest BCUT2D eigenvalue weighted by atomic mass is 10.3. The van der Waals surface area contributed by atoms with Crippen molar-refractivity contribution in [2.45, 2.75) is 32.8 Å². The van der Waals surface area contributed by atoms with Crippen LogP contribution in [0.4, 0.5) is 5.82 Å². The average Bonchev–Trinajstić information content (AvgIpc) is 2.24. The van der Waals surface area contributed by atoms with E-state index < -0.39 is 0 Å². The van der Waals surface area contributed by atoms with Crippen LogP contribution in [0.15, 0.2) is 12.4 Å². The van der Waals surface area contributed by atoms with Crippen LogP contribution in [0.1, 0.15) is 26.7 Å². The van der Waals surface area contributed by atoms with Gasteiger partial charge in [-0.25, -0.2) is 9.97 Å². The van der Waals surface area contributed by atoms with Crippen LogP contribution in [0.2, 0.25) is 0 Å². The lowest BCUT2D eigenvalue weighted by Gasteiger charge is -2.09. The van der Waals surface area contributed by atoms with Crippen LogP contribution in [0.3, 0.4) is 0 Å². The number of nitrogens with one attached hydrogen (secondary N) is 1. The minimum absolute atomic E-state index is 0.108. The molecule has 0 bridgehead atoms. The van der Waals surface area contributed by atoms with Gasteiger partial charge in [0.2, 0.25) is 5.88 Å². The van der Waals surface area contributed by atoms with E-state index in [2.05, 4.69) is 15.3 Å². The molecule has 0 fully saturated rings. The molecule has 5 heteroatoms. The molecule has 90 valence electrons. The lowest BCUT2D eigenvalue weighted by molar-refractivity contribution is 0.232. The highest BCUT2D eigenvalue weighted by molar-refractivity contribution is 5.36. The van der Waals surface area contributed by atoms with E-state index in [-0.39, 0.29) is 12.7 Å². The summed E-state index contributed by atoms with van der Waals surface area (Å²) in [6.07, 6.45) is 3.30. The van der Waals surface area contributed by atoms with Gasteiger partial charge in [0.15, 0.2) is 0 Å². The van der Waals surface area contributed by atoms with E-state index in [4.69, 9.17) is 9.84 Å². The molecule has 1 aromatic heterocycles. The highest BCUT2D eigenvalue weighted by atomic mass is 16.5. The number of aliphatic hydroxyl groups is 1. The summed E-state index contributed by atoms with van der Waals surface area (Å²) in [4.78, 5) is 8.09. The molecule has 5 nitrogen and oxygen atoms in total. The molecule has 0 spiro atoms. The fraction of sp³-hybridized carbons (Fsp3) is 0.636. The molecular weight excluding hydrogens is 206 g/mol. The van der Waals surface area contributed by atoms with Crippen LogP contribution in [-0.4, -0.2) is 34.3 Å². The van der Waals surface area contributed by atoms with Crippen LogP contribution in [0, 0.1) is 0 Å². The zero-order valence-electron chi connectivity index (χ0n) is 9.81. The molecule has 0 saturated heterocycles. The number of unbranched alkanes of at least 4 members (excludes halogenated alkanes) is 1. The molecule has 0 atom stereocenters. The number of aliphatic hydroxyl groups excluding tert-OH is 1. The van der Waals surface area contributed by atoms with E-state index in [0.717, 1.165) is 25.2 Å². The van der Waals surface area contributed by atoms with Gasteiger partial charge < -0.3 is 15.2 Å². The highest BCUT2D eigenvalue weighted by Crippen LogP contribution is 2.12. The summed E-state index contributed by atoms with van der Waals surface area (Å²) in [6, 6.07) is 1.78. The van der Waals surface area contributed by atoms with E-state index in [9.17, 15) is 0 Å². The monoisotopic (exact) mass is 225 g/mol. The Morgan fingerprint density at radius 3 is 2.88 bits per heavy atom. The Hall–Kier alpha value is -1.36. The number of hydrogen-bond donors (Lipinski definition) is 2. The first-order valence-electron chi connectivity index (χ1n) is 5.56. The van der Waals surface area contributed by atoms with Crippen LogP contribution < -0.4 is 10.1 Å². The van der Waals surface area contributed by atoms with Crippen molar-refractivity contribution < 1.29 is 9.84 Å². The second-order valence-corrected chi connectivity index (χ2v) is 3.77. The molecule has 0 aliphatic rings. The van der Waals surface area contributed by atoms with Crippen molar-refractivity contribution in [1.29, 1.82) is 0 Å². The zero-order chi connectivity index (χ0) is 11.8. The van der Waals surface area contributed by atoms with Crippen LogP contribution in [-0.2, 0) is 0 Å². The van der Waals surface area contributed by atoms with Crippen LogP contribution >= 0.6 is 0 Å². The van der Waals surface area contributed by atoms with Gasteiger partial charge in [0.1, 0.15) is 12.1 Å². The Morgan fingerprint density at radius 2 is 2.19 bits per heavy atom. The Morgan fingerprint density at radius 1 is 1.38 bits per heavy atom. The minimum atomic E-state index is 0.108. The topological polar surface area (TPSA) is 67.3 Å². The normalized spacial score (nSPS) is 10.5. The smallest absolute Gasteiger partial charge is 0.218 e. The maximum absolute atomic E-state index is 8.63. The van der Waals surface area contributed by atoms with Gasteiger partial charge in [-0.15, -0.1) is 0 Å². The van der Waals surface area contributed by atoms with Crippen molar-refractivity contribution in [2.24, 2.45) is 0 Å². The summed E-state index contributed by atoms with van der Waals surface area (Å²) in [5.74, 6) is 1.33. The predicted molar refractivity (Wildman–Crippen MR) is 62.6 cm³/mol.